The number of fused-ring (bicyclic) bond motifs is 1. The van der Waals surface area contributed by atoms with Crippen LogP contribution in [0.25, 0.3) is 16.6 Å². The van der Waals surface area contributed by atoms with Crippen molar-refractivity contribution in [3.05, 3.63) is 63.4 Å². The number of hydrogen-bond donors (Lipinski definition) is 2. The van der Waals surface area contributed by atoms with Gasteiger partial charge in [-0.15, -0.1) is 0 Å². The average Bonchev–Trinajstić information content (AvgIpc) is 3.64. The zero-order valence-corrected chi connectivity index (χ0v) is 18.4. The Kier molecular flexibility index (Phi) is 5.22. The minimum absolute atomic E-state index is 0.000860. The molecule has 0 saturated heterocycles. The molecular formula is C22H17ClFN9O. The highest BCUT2D eigenvalue weighted by Gasteiger charge is 2.32. The highest BCUT2D eigenvalue weighted by atomic mass is 35.5. The molecule has 0 amide bonds. The molecule has 0 aliphatic heterocycles. The molecule has 3 aromatic heterocycles. The van der Waals surface area contributed by atoms with Crippen molar-refractivity contribution in [1.82, 2.24) is 24.5 Å². The third-order valence-corrected chi connectivity index (χ3v) is 5.87. The summed E-state index contributed by atoms with van der Waals surface area (Å²) in [7, 11) is 0. The van der Waals surface area contributed by atoms with E-state index < -0.39 is 11.4 Å². The zero-order valence-electron chi connectivity index (χ0n) is 17.6. The van der Waals surface area contributed by atoms with Gasteiger partial charge in [0, 0.05) is 12.7 Å². The number of hydrogen-bond acceptors (Lipinski definition) is 9. The van der Waals surface area contributed by atoms with Crippen LogP contribution in [0.1, 0.15) is 18.4 Å². The summed E-state index contributed by atoms with van der Waals surface area (Å²) in [5.74, 6) is -0.432. The van der Waals surface area contributed by atoms with Crippen molar-refractivity contribution in [2.24, 2.45) is 5.92 Å². The van der Waals surface area contributed by atoms with E-state index in [1.807, 2.05) is 6.07 Å². The Morgan fingerprint density at radius 1 is 1.24 bits per heavy atom. The van der Waals surface area contributed by atoms with E-state index in [1.54, 1.807) is 23.2 Å². The molecule has 1 saturated carbocycles. The highest BCUT2D eigenvalue weighted by molar-refractivity contribution is 6.35. The molecule has 1 fully saturated rings. The van der Waals surface area contributed by atoms with Gasteiger partial charge in [0.05, 0.1) is 27.8 Å². The number of rotatable bonds is 5. The Morgan fingerprint density at radius 3 is 2.71 bits per heavy atom. The average molecular weight is 478 g/mol. The van der Waals surface area contributed by atoms with E-state index in [4.69, 9.17) is 23.1 Å². The van der Waals surface area contributed by atoms with Crippen molar-refractivity contribution in [3.63, 3.8) is 0 Å². The second-order valence-electron chi connectivity index (χ2n) is 7.85. The van der Waals surface area contributed by atoms with Crippen LogP contribution in [0.5, 0.6) is 0 Å². The fourth-order valence-corrected chi connectivity index (χ4v) is 3.95. The van der Waals surface area contributed by atoms with Crippen LogP contribution in [0.15, 0.2) is 41.5 Å². The number of nitrogen functional groups attached to an aromatic ring is 2. The summed E-state index contributed by atoms with van der Waals surface area (Å²) in [5, 5.41) is 9.37. The number of benzene rings is 1. The van der Waals surface area contributed by atoms with Gasteiger partial charge in [-0.2, -0.15) is 15.2 Å². The van der Waals surface area contributed by atoms with Crippen LogP contribution in [-0.4, -0.2) is 31.0 Å². The van der Waals surface area contributed by atoms with E-state index in [-0.39, 0.29) is 50.9 Å². The monoisotopic (exact) mass is 477 g/mol. The van der Waals surface area contributed by atoms with Gasteiger partial charge >= 0.3 is 0 Å². The Bertz CT molecular complexity index is 1530. The molecule has 10 nitrogen and oxygen atoms in total. The SMILES string of the molecule is N#Cc1c(N)nc(N)nc1N(CC1CC1)c1nc2ccc(F)c(Cl)c2c(=O)n1-c1cccnc1. The Hall–Kier alpha value is -4.30. The van der Waals surface area contributed by atoms with Crippen molar-refractivity contribution in [2.75, 3.05) is 22.9 Å². The number of nitriles is 1. The molecule has 0 radical (unpaired) electrons. The van der Waals surface area contributed by atoms with Crippen LogP contribution in [0.3, 0.4) is 0 Å². The molecule has 4 N–H and O–H groups in total. The van der Waals surface area contributed by atoms with E-state index in [0.29, 0.717) is 12.2 Å². The summed E-state index contributed by atoms with van der Waals surface area (Å²) in [5.41, 5.74) is 11.8. The molecular weight excluding hydrogens is 461 g/mol. The summed E-state index contributed by atoms with van der Waals surface area (Å²) in [6.45, 7) is 0.387. The molecule has 0 bridgehead atoms. The van der Waals surface area contributed by atoms with Gasteiger partial charge in [-0.1, -0.05) is 11.6 Å². The van der Waals surface area contributed by atoms with Crippen LogP contribution >= 0.6 is 11.6 Å². The fourth-order valence-electron chi connectivity index (χ4n) is 3.70. The molecule has 1 aliphatic rings. The second-order valence-corrected chi connectivity index (χ2v) is 8.23. The minimum atomic E-state index is -0.739. The number of aromatic nitrogens is 5. The van der Waals surface area contributed by atoms with Crippen LogP contribution in [-0.2, 0) is 0 Å². The van der Waals surface area contributed by atoms with Crippen molar-refractivity contribution < 1.29 is 4.39 Å². The first-order valence-electron chi connectivity index (χ1n) is 10.3. The lowest BCUT2D eigenvalue weighted by molar-refractivity contribution is 0.629. The van der Waals surface area contributed by atoms with Gasteiger partial charge in [-0.05, 0) is 43.0 Å². The topological polar surface area (TPSA) is 153 Å². The predicted octanol–water partition coefficient (Wildman–Crippen LogP) is 2.95. The van der Waals surface area contributed by atoms with Gasteiger partial charge in [0.1, 0.15) is 23.3 Å². The summed E-state index contributed by atoms with van der Waals surface area (Å²) >= 11 is 6.17. The molecule has 0 unspecified atom stereocenters. The minimum Gasteiger partial charge on any atom is -0.382 e. The maximum Gasteiger partial charge on any atom is 0.269 e. The van der Waals surface area contributed by atoms with E-state index in [1.165, 1.54) is 16.8 Å². The van der Waals surface area contributed by atoms with Crippen molar-refractivity contribution in [2.45, 2.75) is 12.8 Å². The van der Waals surface area contributed by atoms with Crippen molar-refractivity contribution in [1.29, 1.82) is 5.26 Å². The van der Waals surface area contributed by atoms with Gasteiger partial charge in [-0.3, -0.25) is 14.7 Å². The molecule has 1 aliphatic carbocycles. The van der Waals surface area contributed by atoms with Crippen molar-refractivity contribution in [3.8, 4) is 11.8 Å². The predicted molar refractivity (Wildman–Crippen MR) is 125 cm³/mol. The number of nitrogens with zero attached hydrogens (tertiary/aromatic N) is 7. The van der Waals surface area contributed by atoms with E-state index in [9.17, 15) is 14.4 Å². The zero-order chi connectivity index (χ0) is 24.0. The lowest BCUT2D eigenvalue weighted by Crippen LogP contribution is -2.32. The third kappa shape index (κ3) is 3.64. The molecule has 0 atom stereocenters. The van der Waals surface area contributed by atoms with E-state index in [0.717, 1.165) is 18.9 Å². The molecule has 34 heavy (non-hydrogen) atoms. The first kappa shape index (κ1) is 21.5. The summed E-state index contributed by atoms with van der Waals surface area (Å²) in [6.07, 6.45) is 4.93. The molecule has 1 aromatic carbocycles. The number of halogens is 2. The Labute approximate surface area is 197 Å². The van der Waals surface area contributed by atoms with Crippen molar-refractivity contribution >= 4 is 46.0 Å². The van der Waals surface area contributed by atoms with Crippen LogP contribution in [0.4, 0.5) is 27.9 Å². The molecule has 0 spiro atoms. The van der Waals surface area contributed by atoms with Gasteiger partial charge < -0.3 is 11.5 Å². The van der Waals surface area contributed by atoms with Gasteiger partial charge in [0.25, 0.3) is 5.56 Å². The van der Waals surface area contributed by atoms with Gasteiger partial charge in [0.2, 0.25) is 11.9 Å². The lowest BCUT2D eigenvalue weighted by atomic mass is 10.2. The number of nitrogens with two attached hydrogens (primary N) is 2. The lowest BCUT2D eigenvalue weighted by Gasteiger charge is -2.27. The first-order chi connectivity index (χ1) is 16.4. The van der Waals surface area contributed by atoms with Gasteiger partial charge in [0.15, 0.2) is 5.82 Å². The quantitative estimate of drug-likeness (QED) is 0.441. The second kappa shape index (κ2) is 8.24. The summed E-state index contributed by atoms with van der Waals surface area (Å²) in [4.78, 5) is 32.3. The number of pyridine rings is 1. The van der Waals surface area contributed by atoms with E-state index in [2.05, 4.69) is 19.9 Å². The third-order valence-electron chi connectivity index (χ3n) is 5.50. The van der Waals surface area contributed by atoms with Gasteiger partial charge in [-0.25, -0.2) is 13.9 Å². The molecule has 4 aromatic rings. The number of anilines is 4. The largest absolute Gasteiger partial charge is 0.382 e. The van der Waals surface area contributed by atoms with Crippen LogP contribution in [0.2, 0.25) is 5.02 Å². The normalized spacial score (nSPS) is 13.1. The van der Waals surface area contributed by atoms with Crippen LogP contribution in [0, 0.1) is 23.1 Å². The Morgan fingerprint density at radius 2 is 2.03 bits per heavy atom. The molecule has 12 heteroatoms. The smallest absolute Gasteiger partial charge is 0.269 e. The van der Waals surface area contributed by atoms with E-state index >= 15 is 0 Å². The maximum absolute atomic E-state index is 14.2. The van der Waals surface area contributed by atoms with Crippen LogP contribution < -0.4 is 21.9 Å². The molecule has 170 valence electrons. The first-order valence-corrected chi connectivity index (χ1v) is 10.7. The standard InChI is InChI=1S/C22H17ClFN9O/c23-17-14(24)5-6-15-16(17)20(34)33(12-2-1-7-28-9-12)22(29-15)32(10-11-3-4-11)19-13(8-25)18(26)30-21(27)31-19/h1-2,5-7,9,11H,3-4,10H2,(H4,26,27,30,31). The fraction of sp³-hybridized carbons (Fsp3) is 0.182. The molecule has 3 heterocycles. The summed E-state index contributed by atoms with van der Waals surface area (Å²) in [6, 6.07) is 7.83. The Balaban J connectivity index is 1.88. The summed E-state index contributed by atoms with van der Waals surface area (Å²) < 4.78 is 15.5. The maximum atomic E-state index is 14.2. The highest BCUT2D eigenvalue weighted by Crippen LogP contribution is 2.37. The molecule has 5 rings (SSSR count).